The molecule has 0 saturated carbocycles. The van der Waals surface area contributed by atoms with Gasteiger partial charge in [-0.25, -0.2) is 0 Å². The molecule has 90 valence electrons. The third-order valence-electron chi connectivity index (χ3n) is 2.78. The van der Waals surface area contributed by atoms with E-state index in [1.807, 2.05) is 13.2 Å². The summed E-state index contributed by atoms with van der Waals surface area (Å²) in [6.07, 6.45) is 2.25. The molecule has 1 aromatic carbocycles. The van der Waals surface area contributed by atoms with E-state index < -0.39 is 5.97 Å². The van der Waals surface area contributed by atoms with Gasteiger partial charge in [0.25, 0.3) is 0 Å². The number of fused-ring (bicyclic) bond motifs is 1. The van der Waals surface area contributed by atoms with Crippen LogP contribution < -0.4 is 0 Å². The second-order valence-corrected chi connectivity index (χ2v) is 4.02. The maximum Gasteiger partial charge on any atom is 0.303 e. The third-order valence-corrected chi connectivity index (χ3v) is 2.78. The van der Waals surface area contributed by atoms with Crippen molar-refractivity contribution in [1.29, 1.82) is 0 Å². The van der Waals surface area contributed by atoms with Crippen molar-refractivity contribution >= 4 is 16.9 Å². The molecule has 3 N–H and O–H groups in total. The summed E-state index contributed by atoms with van der Waals surface area (Å²) >= 11 is 0. The lowest BCUT2D eigenvalue weighted by Crippen LogP contribution is -1.96. The molecule has 0 unspecified atom stereocenters. The molecular weight excluding hydrogens is 222 g/mol. The van der Waals surface area contributed by atoms with Crippen molar-refractivity contribution in [2.75, 3.05) is 0 Å². The molecule has 2 aromatic rings. The fourth-order valence-electron chi connectivity index (χ4n) is 1.93. The zero-order chi connectivity index (χ0) is 12.6. The highest BCUT2D eigenvalue weighted by Crippen LogP contribution is 2.33. The van der Waals surface area contributed by atoms with Crippen LogP contribution >= 0.6 is 0 Å². The number of carbonyl (C=O) groups is 1. The largest absolute Gasteiger partial charge is 0.504 e. The van der Waals surface area contributed by atoms with Gasteiger partial charge < -0.3 is 19.9 Å². The van der Waals surface area contributed by atoms with Crippen molar-refractivity contribution in [1.82, 2.24) is 4.57 Å². The van der Waals surface area contributed by atoms with Gasteiger partial charge in [0.05, 0.1) is 5.52 Å². The van der Waals surface area contributed by atoms with Gasteiger partial charge in [0, 0.05) is 31.1 Å². The van der Waals surface area contributed by atoms with Crippen LogP contribution in [0.15, 0.2) is 18.3 Å². The first kappa shape index (κ1) is 11.3. The van der Waals surface area contributed by atoms with E-state index in [0.29, 0.717) is 6.42 Å². The molecule has 1 aromatic heterocycles. The standard InChI is InChI=1S/C12H13NO4/c1-13-6-7(2-3-12(16)17)8-4-10(14)11(15)5-9(8)13/h4-6,14-15H,2-3H2,1H3,(H,16,17). The molecule has 0 radical (unpaired) electrons. The summed E-state index contributed by atoms with van der Waals surface area (Å²) in [4.78, 5) is 10.5. The molecule has 0 fully saturated rings. The van der Waals surface area contributed by atoms with Crippen LogP contribution in [0.2, 0.25) is 0 Å². The first-order chi connectivity index (χ1) is 7.99. The maximum atomic E-state index is 10.5. The van der Waals surface area contributed by atoms with E-state index in [2.05, 4.69) is 0 Å². The molecule has 5 nitrogen and oxygen atoms in total. The van der Waals surface area contributed by atoms with Crippen LogP contribution in [-0.4, -0.2) is 25.9 Å². The minimum absolute atomic E-state index is 0.0424. The lowest BCUT2D eigenvalue weighted by atomic mass is 10.1. The zero-order valence-corrected chi connectivity index (χ0v) is 9.34. The van der Waals surface area contributed by atoms with Gasteiger partial charge in [-0.2, -0.15) is 0 Å². The second kappa shape index (κ2) is 4.01. The Hall–Kier alpha value is -2.17. The highest BCUT2D eigenvalue weighted by molar-refractivity contribution is 5.87. The predicted molar refractivity (Wildman–Crippen MR) is 62.2 cm³/mol. The Bertz CT molecular complexity index is 586. The molecule has 0 saturated heterocycles. The van der Waals surface area contributed by atoms with E-state index in [1.54, 1.807) is 4.57 Å². The van der Waals surface area contributed by atoms with Crippen LogP contribution in [0.25, 0.3) is 10.9 Å². The van der Waals surface area contributed by atoms with Crippen molar-refractivity contribution in [3.8, 4) is 11.5 Å². The predicted octanol–water partition coefficient (Wildman–Crippen LogP) is 1.61. The monoisotopic (exact) mass is 235 g/mol. The van der Waals surface area contributed by atoms with Gasteiger partial charge in [-0.3, -0.25) is 4.79 Å². The van der Waals surface area contributed by atoms with E-state index >= 15 is 0 Å². The summed E-state index contributed by atoms with van der Waals surface area (Å²) in [5, 5.41) is 28.3. The summed E-state index contributed by atoms with van der Waals surface area (Å²) in [6, 6.07) is 2.93. The number of nitrogens with zero attached hydrogens (tertiary/aromatic N) is 1. The molecule has 17 heavy (non-hydrogen) atoms. The van der Waals surface area contributed by atoms with E-state index in [0.717, 1.165) is 16.5 Å². The molecule has 0 aliphatic heterocycles. The molecule has 0 aliphatic carbocycles. The Morgan fingerprint density at radius 3 is 2.59 bits per heavy atom. The number of aryl methyl sites for hydroxylation is 2. The smallest absolute Gasteiger partial charge is 0.303 e. The lowest BCUT2D eigenvalue weighted by molar-refractivity contribution is -0.136. The van der Waals surface area contributed by atoms with Crippen molar-refractivity contribution < 1.29 is 20.1 Å². The van der Waals surface area contributed by atoms with E-state index in [9.17, 15) is 15.0 Å². The number of phenolic OH excluding ortho intramolecular Hbond substituents is 2. The number of aromatic nitrogens is 1. The third kappa shape index (κ3) is 2.04. The van der Waals surface area contributed by atoms with Crippen LogP contribution in [0.5, 0.6) is 11.5 Å². The Morgan fingerprint density at radius 2 is 1.94 bits per heavy atom. The first-order valence-electron chi connectivity index (χ1n) is 5.20. The number of phenols is 2. The van der Waals surface area contributed by atoms with E-state index in [1.165, 1.54) is 12.1 Å². The van der Waals surface area contributed by atoms with Crippen LogP contribution in [0.4, 0.5) is 0 Å². The first-order valence-corrected chi connectivity index (χ1v) is 5.20. The normalized spacial score (nSPS) is 10.9. The van der Waals surface area contributed by atoms with Crippen LogP contribution in [0.1, 0.15) is 12.0 Å². The molecular formula is C12H13NO4. The molecule has 2 rings (SSSR count). The molecule has 5 heteroatoms. The van der Waals surface area contributed by atoms with Crippen molar-refractivity contribution in [3.05, 3.63) is 23.9 Å². The number of carboxylic acids is 1. The highest BCUT2D eigenvalue weighted by atomic mass is 16.4. The number of carboxylic acid groups (broad SMARTS) is 1. The minimum atomic E-state index is -0.856. The molecule has 0 amide bonds. The number of aliphatic carboxylic acids is 1. The summed E-state index contributed by atoms with van der Waals surface area (Å²) < 4.78 is 1.80. The fourth-order valence-corrected chi connectivity index (χ4v) is 1.93. The van der Waals surface area contributed by atoms with Gasteiger partial charge in [0.15, 0.2) is 11.5 Å². The Morgan fingerprint density at radius 1 is 1.29 bits per heavy atom. The van der Waals surface area contributed by atoms with Crippen LogP contribution in [0.3, 0.4) is 0 Å². The average molecular weight is 235 g/mol. The Kier molecular flexibility index (Phi) is 2.67. The van der Waals surface area contributed by atoms with E-state index in [-0.39, 0.29) is 17.9 Å². The Labute approximate surface area is 97.5 Å². The van der Waals surface area contributed by atoms with Crippen molar-refractivity contribution in [2.45, 2.75) is 12.8 Å². The summed E-state index contributed by atoms with van der Waals surface area (Å²) in [5.74, 6) is -1.23. The van der Waals surface area contributed by atoms with Crippen LogP contribution in [-0.2, 0) is 18.3 Å². The fraction of sp³-hybridized carbons (Fsp3) is 0.250. The molecule has 1 heterocycles. The quantitative estimate of drug-likeness (QED) is 0.706. The molecule has 0 aliphatic rings. The number of benzene rings is 1. The average Bonchev–Trinajstić information content (AvgIpc) is 2.54. The summed E-state index contributed by atoms with van der Waals surface area (Å²) in [5.41, 5.74) is 1.61. The minimum Gasteiger partial charge on any atom is -0.504 e. The van der Waals surface area contributed by atoms with Gasteiger partial charge in [-0.15, -0.1) is 0 Å². The van der Waals surface area contributed by atoms with Gasteiger partial charge in [-0.05, 0) is 18.1 Å². The van der Waals surface area contributed by atoms with E-state index in [4.69, 9.17) is 5.11 Å². The number of rotatable bonds is 3. The van der Waals surface area contributed by atoms with Gasteiger partial charge in [0.1, 0.15) is 0 Å². The number of hydrogen-bond acceptors (Lipinski definition) is 3. The molecule has 0 spiro atoms. The number of aromatic hydroxyl groups is 2. The summed E-state index contributed by atoms with van der Waals surface area (Å²) in [7, 11) is 1.81. The Balaban J connectivity index is 2.50. The summed E-state index contributed by atoms with van der Waals surface area (Å²) in [6.45, 7) is 0. The van der Waals surface area contributed by atoms with Crippen LogP contribution in [0, 0.1) is 0 Å². The topological polar surface area (TPSA) is 82.7 Å². The SMILES string of the molecule is Cn1cc(CCC(=O)O)c2cc(O)c(O)cc21. The van der Waals surface area contributed by atoms with Gasteiger partial charge in [0.2, 0.25) is 0 Å². The second-order valence-electron chi connectivity index (χ2n) is 4.02. The zero-order valence-electron chi connectivity index (χ0n) is 9.34. The molecule has 0 bridgehead atoms. The molecule has 0 atom stereocenters. The van der Waals surface area contributed by atoms with Crippen molar-refractivity contribution in [2.24, 2.45) is 7.05 Å². The maximum absolute atomic E-state index is 10.5. The highest BCUT2D eigenvalue weighted by Gasteiger charge is 2.11. The number of hydrogen-bond donors (Lipinski definition) is 3. The van der Waals surface area contributed by atoms with Gasteiger partial charge in [-0.1, -0.05) is 0 Å². The van der Waals surface area contributed by atoms with Gasteiger partial charge >= 0.3 is 5.97 Å². The lowest BCUT2D eigenvalue weighted by Gasteiger charge is -2.00. The van der Waals surface area contributed by atoms with Crippen molar-refractivity contribution in [3.63, 3.8) is 0 Å².